The standard InChI is InChI=1S/C77H150NO8P/c1-3-5-7-9-11-13-15-17-19-21-23-25-27-29-30-31-32-33-34-35-36-37-38-39-40-41-42-43-44-46-47-49-51-53-55-57-59-61-63-65-67-69-76(79)83-73-75(74-85-87(81,82)84-72-71-78)86-77(80)70-68-66-64-62-60-58-56-54-52-50-48-45-28-26-24-22-20-18-16-14-12-10-8-6-4-2/h16,18,22,24,75H,3-15,17,19-21,23,25-74,78H2,1-2H3,(H,81,82)/b18-16-,24-22-. The van der Waals surface area contributed by atoms with Gasteiger partial charge in [-0.1, -0.05) is 391 Å². The Morgan fingerprint density at radius 1 is 0.345 bits per heavy atom. The molecular formula is C77H150NO8P. The van der Waals surface area contributed by atoms with E-state index < -0.39 is 26.5 Å². The first kappa shape index (κ1) is 85.5. The summed E-state index contributed by atoms with van der Waals surface area (Å²) in [7, 11) is -4.39. The van der Waals surface area contributed by atoms with Crippen molar-refractivity contribution in [3.63, 3.8) is 0 Å². The number of ether oxygens (including phenoxy) is 2. The number of phosphoric acid groups is 1. The molecule has 10 heteroatoms. The fourth-order valence-electron chi connectivity index (χ4n) is 12.1. The minimum Gasteiger partial charge on any atom is -0.462 e. The number of unbranched alkanes of at least 4 members (excludes halogenated alkanes) is 58. The second-order valence-corrected chi connectivity index (χ2v) is 28.0. The van der Waals surface area contributed by atoms with E-state index in [4.69, 9.17) is 24.3 Å². The number of phosphoric ester groups is 1. The Morgan fingerprint density at radius 3 is 0.874 bits per heavy atom. The van der Waals surface area contributed by atoms with Gasteiger partial charge in [-0.3, -0.25) is 18.6 Å². The Hall–Kier alpha value is -1.51. The fraction of sp³-hybridized carbons (Fsp3) is 0.922. The number of hydrogen-bond acceptors (Lipinski definition) is 8. The van der Waals surface area contributed by atoms with Crippen LogP contribution in [0, 0.1) is 0 Å². The molecule has 0 aromatic heterocycles. The van der Waals surface area contributed by atoms with Crippen molar-refractivity contribution in [2.45, 2.75) is 431 Å². The Kier molecular flexibility index (Phi) is 72.3. The molecule has 0 bridgehead atoms. The number of esters is 2. The number of allylic oxidation sites excluding steroid dienone is 4. The SMILES string of the molecule is CCCCCCC/C=C\C/C=C\CCCCCCCCCCCCCCCC(=O)OC(COC(=O)CCCCCCCCCCCCCCCCCCCCCCCCCCCCCCCCCCCCCCCCCCC)COP(=O)(O)OCCN. The lowest BCUT2D eigenvalue weighted by atomic mass is 10.0. The summed E-state index contributed by atoms with van der Waals surface area (Å²) in [5.74, 6) is -0.804. The van der Waals surface area contributed by atoms with E-state index >= 15 is 0 Å². The maximum atomic E-state index is 12.8. The Morgan fingerprint density at radius 2 is 0.598 bits per heavy atom. The third-order valence-corrected chi connectivity index (χ3v) is 18.8. The predicted molar refractivity (Wildman–Crippen MR) is 377 cm³/mol. The molecule has 2 unspecified atom stereocenters. The minimum absolute atomic E-state index is 0.0561. The van der Waals surface area contributed by atoms with Crippen LogP contribution < -0.4 is 5.73 Å². The zero-order valence-corrected chi connectivity index (χ0v) is 59.2. The molecule has 0 aliphatic rings. The van der Waals surface area contributed by atoms with Crippen molar-refractivity contribution in [1.29, 1.82) is 0 Å². The molecule has 0 spiro atoms. The van der Waals surface area contributed by atoms with Gasteiger partial charge in [0.05, 0.1) is 13.2 Å². The molecule has 516 valence electrons. The van der Waals surface area contributed by atoms with Gasteiger partial charge in [0.15, 0.2) is 6.10 Å². The molecule has 0 aromatic carbocycles. The molecule has 0 radical (unpaired) electrons. The van der Waals surface area contributed by atoms with Gasteiger partial charge in [-0.2, -0.15) is 0 Å². The third-order valence-electron chi connectivity index (χ3n) is 17.8. The highest BCUT2D eigenvalue weighted by Gasteiger charge is 2.26. The Bertz CT molecular complexity index is 1470. The summed E-state index contributed by atoms with van der Waals surface area (Å²) in [6.45, 7) is 3.82. The maximum Gasteiger partial charge on any atom is 0.472 e. The molecule has 0 aliphatic carbocycles. The molecule has 9 nitrogen and oxygen atoms in total. The summed E-state index contributed by atoms with van der Waals surface area (Å²) in [5.41, 5.74) is 5.41. The Labute approximate surface area is 542 Å². The highest BCUT2D eigenvalue weighted by Crippen LogP contribution is 2.43. The van der Waals surface area contributed by atoms with Gasteiger partial charge in [-0.05, 0) is 44.9 Å². The summed E-state index contributed by atoms with van der Waals surface area (Å²) in [6.07, 6.45) is 91.8. The smallest absolute Gasteiger partial charge is 0.462 e. The average Bonchev–Trinajstić information content (AvgIpc) is 3.64. The van der Waals surface area contributed by atoms with Crippen molar-refractivity contribution in [3.05, 3.63) is 24.3 Å². The monoisotopic (exact) mass is 1250 g/mol. The molecule has 0 saturated heterocycles. The van der Waals surface area contributed by atoms with Crippen LogP contribution in [0.5, 0.6) is 0 Å². The number of hydrogen-bond donors (Lipinski definition) is 2. The molecular weight excluding hydrogens is 1100 g/mol. The van der Waals surface area contributed by atoms with Crippen LogP contribution >= 0.6 is 7.82 Å². The lowest BCUT2D eigenvalue weighted by molar-refractivity contribution is -0.161. The molecule has 0 aromatic rings. The highest BCUT2D eigenvalue weighted by molar-refractivity contribution is 7.47. The van der Waals surface area contributed by atoms with Crippen molar-refractivity contribution in [1.82, 2.24) is 0 Å². The van der Waals surface area contributed by atoms with Crippen LogP contribution in [0.4, 0.5) is 0 Å². The first-order valence-electron chi connectivity index (χ1n) is 38.8. The van der Waals surface area contributed by atoms with E-state index in [1.165, 1.54) is 347 Å². The number of carbonyl (C=O) groups excluding carboxylic acids is 2. The lowest BCUT2D eigenvalue weighted by Gasteiger charge is -2.19. The van der Waals surface area contributed by atoms with Gasteiger partial charge in [0.1, 0.15) is 6.61 Å². The topological polar surface area (TPSA) is 134 Å². The van der Waals surface area contributed by atoms with Crippen LogP contribution in [0.15, 0.2) is 24.3 Å². The van der Waals surface area contributed by atoms with Crippen molar-refractivity contribution in [3.8, 4) is 0 Å². The average molecular weight is 1250 g/mol. The van der Waals surface area contributed by atoms with E-state index in [2.05, 4.69) is 38.2 Å². The molecule has 87 heavy (non-hydrogen) atoms. The zero-order valence-electron chi connectivity index (χ0n) is 58.3. The van der Waals surface area contributed by atoms with Crippen LogP contribution in [0.3, 0.4) is 0 Å². The van der Waals surface area contributed by atoms with Gasteiger partial charge in [0.25, 0.3) is 0 Å². The van der Waals surface area contributed by atoms with Crippen LogP contribution in [-0.2, 0) is 32.7 Å². The maximum absolute atomic E-state index is 12.8. The van der Waals surface area contributed by atoms with Gasteiger partial charge in [-0.15, -0.1) is 0 Å². The van der Waals surface area contributed by atoms with Gasteiger partial charge >= 0.3 is 19.8 Å². The molecule has 0 heterocycles. The van der Waals surface area contributed by atoms with Crippen molar-refractivity contribution >= 4 is 19.8 Å². The molecule has 2 atom stereocenters. The van der Waals surface area contributed by atoms with E-state index in [1.54, 1.807) is 0 Å². The minimum atomic E-state index is -4.39. The van der Waals surface area contributed by atoms with Crippen molar-refractivity contribution in [2.75, 3.05) is 26.4 Å². The summed E-state index contributed by atoms with van der Waals surface area (Å²) in [5, 5.41) is 0. The van der Waals surface area contributed by atoms with Crippen LogP contribution in [0.1, 0.15) is 425 Å². The predicted octanol–water partition coefficient (Wildman–Crippen LogP) is 25.7. The molecule has 0 amide bonds. The summed E-state index contributed by atoms with van der Waals surface area (Å²) >= 11 is 0. The number of nitrogens with two attached hydrogens (primary N) is 1. The van der Waals surface area contributed by atoms with E-state index in [0.717, 1.165) is 44.9 Å². The van der Waals surface area contributed by atoms with Gasteiger partial charge in [0.2, 0.25) is 0 Å². The zero-order chi connectivity index (χ0) is 63.0. The number of rotatable bonds is 75. The van der Waals surface area contributed by atoms with E-state index in [-0.39, 0.29) is 38.6 Å². The van der Waals surface area contributed by atoms with Crippen LogP contribution in [-0.4, -0.2) is 49.3 Å². The van der Waals surface area contributed by atoms with E-state index in [0.29, 0.717) is 6.42 Å². The van der Waals surface area contributed by atoms with Crippen LogP contribution in [0.2, 0.25) is 0 Å². The molecule has 3 N–H and O–H groups in total. The van der Waals surface area contributed by atoms with E-state index in [9.17, 15) is 19.0 Å². The van der Waals surface area contributed by atoms with E-state index in [1.807, 2.05) is 0 Å². The van der Waals surface area contributed by atoms with Gasteiger partial charge < -0.3 is 20.1 Å². The summed E-state index contributed by atoms with van der Waals surface area (Å²) < 4.78 is 33.2. The summed E-state index contributed by atoms with van der Waals surface area (Å²) in [4.78, 5) is 35.4. The second-order valence-electron chi connectivity index (χ2n) is 26.6. The van der Waals surface area contributed by atoms with Crippen molar-refractivity contribution in [2.24, 2.45) is 5.73 Å². The third kappa shape index (κ3) is 73.4. The molecule has 0 fully saturated rings. The first-order valence-corrected chi connectivity index (χ1v) is 40.3. The van der Waals surface area contributed by atoms with Gasteiger partial charge in [0, 0.05) is 19.4 Å². The normalized spacial score (nSPS) is 12.9. The Balaban J connectivity index is 3.71. The molecule has 0 aliphatic heterocycles. The fourth-order valence-corrected chi connectivity index (χ4v) is 12.9. The highest BCUT2D eigenvalue weighted by atomic mass is 31.2. The van der Waals surface area contributed by atoms with Crippen molar-refractivity contribution < 1.29 is 37.6 Å². The van der Waals surface area contributed by atoms with Crippen LogP contribution in [0.25, 0.3) is 0 Å². The summed E-state index contributed by atoms with van der Waals surface area (Å²) in [6, 6.07) is 0. The quantitative estimate of drug-likeness (QED) is 0.0264. The molecule has 0 saturated carbocycles. The molecule has 0 rings (SSSR count). The second kappa shape index (κ2) is 73.5. The number of carbonyl (C=O) groups is 2. The lowest BCUT2D eigenvalue weighted by Crippen LogP contribution is -2.29. The largest absolute Gasteiger partial charge is 0.472 e. The van der Waals surface area contributed by atoms with Gasteiger partial charge in [-0.25, -0.2) is 4.57 Å². The first-order chi connectivity index (χ1) is 42.8.